The fourth-order valence-corrected chi connectivity index (χ4v) is 1.84. The maximum absolute atomic E-state index is 5.94. The molecule has 1 heterocycles. The van der Waals surface area contributed by atoms with Crippen molar-refractivity contribution in [2.75, 3.05) is 5.73 Å². The molecule has 0 saturated heterocycles. The molecule has 0 radical (unpaired) electrons. The lowest BCUT2D eigenvalue weighted by Crippen LogP contribution is -2.06. The fourth-order valence-electron chi connectivity index (χ4n) is 1.45. The van der Waals surface area contributed by atoms with Gasteiger partial charge in [0.25, 0.3) is 0 Å². The first-order valence-electron chi connectivity index (χ1n) is 4.71. The van der Waals surface area contributed by atoms with Gasteiger partial charge in [-0.05, 0) is 35.1 Å². The largest absolute Gasteiger partial charge is 0.383 e. The van der Waals surface area contributed by atoms with Gasteiger partial charge in [-0.1, -0.05) is 30.3 Å². The Balaban J connectivity index is 2.29. The van der Waals surface area contributed by atoms with Crippen LogP contribution in [0.4, 0.5) is 5.82 Å². The first kappa shape index (κ1) is 10.5. The summed E-state index contributed by atoms with van der Waals surface area (Å²) in [5, 5.41) is 4.39. The zero-order valence-corrected chi connectivity index (χ0v) is 10.6. The van der Waals surface area contributed by atoms with Crippen molar-refractivity contribution >= 4 is 28.4 Å². The van der Waals surface area contributed by atoms with Crippen molar-refractivity contribution in [1.82, 2.24) is 9.78 Å². The Kier molecular flexibility index (Phi) is 2.95. The molecule has 3 nitrogen and oxygen atoms in total. The molecule has 0 aliphatic heterocycles. The normalized spacial score (nSPS) is 10.5. The molecule has 0 amide bonds. The lowest BCUT2D eigenvalue weighted by atomic mass is 10.2. The van der Waals surface area contributed by atoms with Crippen LogP contribution in [0.1, 0.15) is 11.3 Å². The lowest BCUT2D eigenvalue weighted by molar-refractivity contribution is 0.689. The standard InChI is InChI=1S/C11H12IN3/c1-8-10(12)11(13)15(14-8)7-9-5-3-2-4-6-9/h2-6H,7,13H2,1H3. The first-order chi connectivity index (χ1) is 7.18. The van der Waals surface area contributed by atoms with E-state index >= 15 is 0 Å². The van der Waals surface area contributed by atoms with E-state index in [0.717, 1.165) is 21.6 Å². The van der Waals surface area contributed by atoms with Gasteiger partial charge in [0.2, 0.25) is 0 Å². The van der Waals surface area contributed by atoms with Crippen LogP contribution < -0.4 is 5.73 Å². The summed E-state index contributed by atoms with van der Waals surface area (Å²) in [6, 6.07) is 10.2. The predicted molar refractivity (Wildman–Crippen MR) is 69.6 cm³/mol. The zero-order valence-electron chi connectivity index (χ0n) is 8.44. The molecule has 0 spiro atoms. The molecule has 0 unspecified atom stereocenters. The van der Waals surface area contributed by atoms with Crippen molar-refractivity contribution in [3.63, 3.8) is 0 Å². The van der Waals surface area contributed by atoms with Crippen LogP contribution in [-0.2, 0) is 6.54 Å². The van der Waals surface area contributed by atoms with Gasteiger partial charge in [-0.3, -0.25) is 0 Å². The highest BCUT2D eigenvalue weighted by Gasteiger charge is 2.09. The van der Waals surface area contributed by atoms with Gasteiger partial charge in [0, 0.05) is 0 Å². The second kappa shape index (κ2) is 4.22. The first-order valence-corrected chi connectivity index (χ1v) is 5.78. The molecule has 2 N–H and O–H groups in total. The van der Waals surface area contributed by atoms with E-state index in [9.17, 15) is 0 Å². The molecule has 0 aliphatic carbocycles. The summed E-state index contributed by atoms with van der Waals surface area (Å²) < 4.78 is 2.88. The van der Waals surface area contributed by atoms with Gasteiger partial charge in [0.05, 0.1) is 15.8 Å². The van der Waals surface area contributed by atoms with Crippen LogP contribution in [0.3, 0.4) is 0 Å². The molecule has 0 bridgehead atoms. The molecular weight excluding hydrogens is 301 g/mol. The molecule has 4 heteroatoms. The number of nitrogens with two attached hydrogens (primary N) is 1. The van der Waals surface area contributed by atoms with Crippen LogP contribution in [0.15, 0.2) is 30.3 Å². The van der Waals surface area contributed by atoms with Gasteiger partial charge in [0.15, 0.2) is 0 Å². The van der Waals surface area contributed by atoms with Crippen molar-refractivity contribution in [3.8, 4) is 0 Å². The minimum atomic E-state index is 0.733. The van der Waals surface area contributed by atoms with E-state index < -0.39 is 0 Å². The van der Waals surface area contributed by atoms with Crippen molar-refractivity contribution in [2.45, 2.75) is 13.5 Å². The molecule has 0 atom stereocenters. The second-order valence-corrected chi connectivity index (χ2v) is 4.51. The summed E-state index contributed by atoms with van der Waals surface area (Å²) >= 11 is 2.22. The van der Waals surface area contributed by atoms with Gasteiger partial charge < -0.3 is 5.73 Å². The third kappa shape index (κ3) is 2.14. The van der Waals surface area contributed by atoms with Crippen molar-refractivity contribution in [1.29, 1.82) is 0 Å². The Morgan fingerprint density at radius 3 is 2.53 bits per heavy atom. The molecule has 1 aromatic heterocycles. The van der Waals surface area contributed by atoms with E-state index in [1.54, 1.807) is 0 Å². The zero-order chi connectivity index (χ0) is 10.8. The van der Waals surface area contributed by atoms with E-state index in [4.69, 9.17) is 5.73 Å². The molecule has 1 aromatic carbocycles. The highest BCUT2D eigenvalue weighted by Crippen LogP contribution is 2.19. The Labute approximate surface area is 102 Å². The molecule has 2 rings (SSSR count). The number of hydrogen-bond acceptors (Lipinski definition) is 2. The number of anilines is 1. The van der Waals surface area contributed by atoms with Gasteiger partial charge in [-0.15, -0.1) is 0 Å². The van der Waals surface area contributed by atoms with Gasteiger partial charge >= 0.3 is 0 Å². The third-order valence-corrected chi connectivity index (χ3v) is 3.60. The summed E-state index contributed by atoms with van der Waals surface area (Å²) in [6.45, 7) is 2.70. The van der Waals surface area contributed by atoms with Crippen LogP contribution in [-0.4, -0.2) is 9.78 Å². The molecule has 0 saturated carbocycles. The molecular formula is C11H12IN3. The van der Waals surface area contributed by atoms with E-state index in [1.807, 2.05) is 29.8 Å². The van der Waals surface area contributed by atoms with E-state index in [2.05, 4.69) is 39.8 Å². The maximum atomic E-state index is 5.94. The molecule has 0 fully saturated rings. The monoisotopic (exact) mass is 313 g/mol. The number of aryl methyl sites for hydroxylation is 1. The van der Waals surface area contributed by atoms with Crippen LogP contribution in [0, 0.1) is 10.5 Å². The number of nitrogen functional groups attached to an aromatic ring is 1. The SMILES string of the molecule is Cc1nn(Cc2ccccc2)c(N)c1I. The van der Waals surface area contributed by atoms with Gasteiger partial charge in [-0.25, -0.2) is 4.68 Å². The smallest absolute Gasteiger partial charge is 0.135 e. The van der Waals surface area contributed by atoms with E-state index in [0.29, 0.717) is 0 Å². The minimum Gasteiger partial charge on any atom is -0.383 e. The molecule has 0 aliphatic rings. The molecule has 15 heavy (non-hydrogen) atoms. The number of rotatable bonds is 2. The predicted octanol–water partition coefficient (Wildman–Crippen LogP) is 2.43. The van der Waals surface area contributed by atoms with Gasteiger partial charge in [-0.2, -0.15) is 5.10 Å². The maximum Gasteiger partial charge on any atom is 0.135 e. The quantitative estimate of drug-likeness (QED) is 0.866. The molecule has 78 valence electrons. The number of hydrogen-bond donors (Lipinski definition) is 1. The fraction of sp³-hybridized carbons (Fsp3) is 0.182. The van der Waals surface area contributed by atoms with Crippen LogP contribution in [0.5, 0.6) is 0 Å². The van der Waals surface area contributed by atoms with E-state index in [1.165, 1.54) is 5.56 Å². The third-order valence-electron chi connectivity index (χ3n) is 2.27. The Morgan fingerprint density at radius 2 is 2.00 bits per heavy atom. The van der Waals surface area contributed by atoms with Crippen LogP contribution in [0.2, 0.25) is 0 Å². The molecule has 2 aromatic rings. The highest BCUT2D eigenvalue weighted by atomic mass is 127. The van der Waals surface area contributed by atoms with Gasteiger partial charge in [0.1, 0.15) is 5.82 Å². The summed E-state index contributed by atoms with van der Waals surface area (Å²) in [7, 11) is 0. The number of benzene rings is 1. The second-order valence-electron chi connectivity index (χ2n) is 3.43. The Hall–Kier alpha value is -1.04. The summed E-state index contributed by atoms with van der Waals surface area (Å²) in [5.74, 6) is 0.747. The summed E-state index contributed by atoms with van der Waals surface area (Å²) in [6.07, 6.45) is 0. The van der Waals surface area contributed by atoms with Crippen molar-refractivity contribution in [2.24, 2.45) is 0 Å². The topological polar surface area (TPSA) is 43.8 Å². The lowest BCUT2D eigenvalue weighted by Gasteiger charge is -2.03. The van der Waals surface area contributed by atoms with E-state index in [-0.39, 0.29) is 0 Å². The minimum absolute atomic E-state index is 0.733. The number of nitrogens with zero attached hydrogens (tertiary/aromatic N) is 2. The highest BCUT2D eigenvalue weighted by molar-refractivity contribution is 14.1. The Bertz CT molecular complexity index is 462. The number of halogens is 1. The van der Waals surface area contributed by atoms with Crippen molar-refractivity contribution in [3.05, 3.63) is 45.2 Å². The Morgan fingerprint density at radius 1 is 1.33 bits per heavy atom. The summed E-state index contributed by atoms with van der Waals surface area (Å²) in [5.41, 5.74) is 8.15. The van der Waals surface area contributed by atoms with Crippen LogP contribution in [0.25, 0.3) is 0 Å². The summed E-state index contributed by atoms with van der Waals surface area (Å²) in [4.78, 5) is 0. The average molecular weight is 313 g/mol. The van der Waals surface area contributed by atoms with Crippen molar-refractivity contribution < 1.29 is 0 Å². The average Bonchev–Trinajstić information content (AvgIpc) is 2.48. The van der Waals surface area contributed by atoms with Crippen LogP contribution >= 0.6 is 22.6 Å². The number of aromatic nitrogens is 2.